The van der Waals surface area contributed by atoms with Gasteiger partial charge in [-0.15, -0.1) is 0 Å². The Hall–Kier alpha value is -2.22. The van der Waals surface area contributed by atoms with Crippen molar-refractivity contribution in [1.82, 2.24) is 0 Å². The number of benzene rings is 3. The van der Waals surface area contributed by atoms with Gasteiger partial charge in [-0.25, -0.2) is 0 Å². The molecule has 96 valence electrons. The summed E-state index contributed by atoms with van der Waals surface area (Å²) in [6.45, 7) is 5.83. The molecule has 0 atom stereocenters. The van der Waals surface area contributed by atoms with E-state index in [9.17, 15) is 10.2 Å². The molecule has 2 N–H and O–H groups in total. The van der Waals surface area contributed by atoms with Crippen LogP contribution in [0.1, 0.15) is 16.7 Å². The summed E-state index contributed by atoms with van der Waals surface area (Å²) >= 11 is 0. The van der Waals surface area contributed by atoms with Crippen LogP contribution in [0, 0.1) is 20.8 Å². The third-order valence-electron chi connectivity index (χ3n) is 3.82. The van der Waals surface area contributed by atoms with E-state index in [4.69, 9.17) is 0 Å². The number of aromatic hydroxyl groups is 2. The summed E-state index contributed by atoms with van der Waals surface area (Å²) < 4.78 is 0. The van der Waals surface area contributed by atoms with Crippen LogP contribution in [0.2, 0.25) is 0 Å². The van der Waals surface area contributed by atoms with Gasteiger partial charge in [-0.3, -0.25) is 0 Å². The lowest BCUT2D eigenvalue weighted by Crippen LogP contribution is -1.86. The summed E-state index contributed by atoms with van der Waals surface area (Å²) in [5, 5.41) is 24.0. The molecule has 3 rings (SSSR count). The van der Waals surface area contributed by atoms with Crippen molar-refractivity contribution >= 4 is 21.5 Å². The van der Waals surface area contributed by atoms with E-state index in [0.717, 1.165) is 38.2 Å². The summed E-state index contributed by atoms with van der Waals surface area (Å²) in [5.74, 6) is 0.627. The average molecular weight is 252 g/mol. The maximum atomic E-state index is 10.0. The smallest absolute Gasteiger partial charge is 0.122 e. The van der Waals surface area contributed by atoms with Gasteiger partial charge < -0.3 is 10.2 Å². The first-order valence-corrected chi connectivity index (χ1v) is 6.33. The monoisotopic (exact) mass is 252 g/mol. The number of hydrogen-bond donors (Lipinski definition) is 2. The fourth-order valence-corrected chi connectivity index (χ4v) is 2.76. The molecule has 0 radical (unpaired) electrons. The lowest BCUT2D eigenvalue weighted by molar-refractivity contribution is 0.468. The molecule has 3 aromatic carbocycles. The van der Waals surface area contributed by atoms with Crippen molar-refractivity contribution in [3.05, 3.63) is 47.0 Å². The van der Waals surface area contributed by atoms with Crippen LogP contribution in [-0.2, 0) is 0 Å². The summed E-state index contributed by atoms with van der Waals surface area (Å²) in [6, 6.07) is 9.70. The molecular formula is C17H16O2. The van der Waals surface area contributed by atoms with Gasteiger partial charge in [0.25, 0.3) is 0 Å². The summed E-state index contributed by atoms with van der Waals surface area (Å²) in [4.78, 5) is 0. The van der Waals surface area contributed by atoms with Crippen molar-refractivity contribution in [2.24, 2.45) is 0 Å². The molecule has 0 spiro atoms. The van der Waals surface area contributed by atoms with Crippen molar-refractivity contribution in [2.45, 2.75) is 20.8 Å². The van der Waals surface area contributed by atoms with Gasteiger partial charge in [0.1, 0.15) is 11.5 Å². The molecule has 0 bridgehead atoms. The zero-order valence-corrected chi connectivity index (χ0v) is 11.3. The summed E-state index contributed by atoms with van der Waals surface area (Å²) in [6.07, 6.45) is 0. The molecule has 0 amide bonds. The first kappa shape index (κ1) is 11.8. The Morgan fingerprint density at radius 3 is 2.05 bits per heavy atom. The Morgan fingerprint density at radius 1 is 0.684 bits per heavy atom. The summed E-state index contributed by atoms with van der Waals surface area (Å²) in [7, 11) is 0. The second kappa shape index (κ2) is 3.89. The third-order valence-corrected chi connectivity index (χ3v) is 3.82. The Kier molecular flexibility index (Phi) is 2.42. The molecule has 0 aliphatic heterocycles. The van der Waals surface area contributed by atoms with Gasteiger partial charge in [0.2, 0.25) is 0 Å². The van der Waals surface area contributed by atoms with Crippen molar-refractivity contribution in [2.75, 3.05) is 0 Å². The minimum Gasteiger partial charge on any atom is -0.508 e. The van der Waals surface area contributed by atoms with Crippen molar-refractivity contribution < 1.29 is 10.2 Å². The molecule has 2 nitrogen and oxygen atoms in total. The second-order valence-corrected chi connectivity index (χ2v) is 5.22. The molecular weight excluding hydrogens is 236 g/mol. The normalized spacial score (nSPS) is 11.3. The zero-order chi connectivity index (χ0) is 13.7. The summed E-state index contributed by atoms with van der Waals surface area (Å²) in [5.41, 5.74) is 2.83. The Balaban J connectivity index is 2.52. The Morgan fingerprint density at radius 2 is 1.32 bits per heavy atom. The van der Waals surface area contributed by atoms with Gasteiger partial charge in [0.15, 0.2) is 0 Å². The number of phenolic OH excluding ortho intramolecular Hbond substituents is 2. The quantitative estimate of drug-likeness (QED) is 0.585. The van der Waals surface area contributed by atoms with Crippen LogP contribution >= 0.6 is 0 Å². The van der Waals surface area contributed by atoms with Gasteiger partial charge in [0.05, 0.1) is 0 Å². The van der Waals surface area contributed by atoms with E-state index in [1.54, 1.807) is 12.1 Å². The van der Waals surface area contributed by atoms with Crippen LogP contribution in [0.15, 0.2) is 30.3 Å². The highest BCUT2D eigenvalue weighted by Crippen LogP contribution is 2.34. The van der Waals surface area contributed by atoms with Crippen LogP contribution < -0.4 is 0 Å². The molecule has 0 unspecified atom stereocenters. The van der Waals surface area contributed by atoms with E-state index in [1.165, 1.54) is 0 Å². The molecule has 19 heavy (non-hydrogen) atoms. The van der Waals surface area contributed by atoms with Crippen molar-refractivity contribution in [3.63, 3.8) is 0 Å². The number of rotatable bonds is 0. The predicted molar refractivity (Wildman–Crippen MR) is 79.0 cm³/mol. The highest BCUT2D eigenvalue weighted by molar-refractivity contribution is 6.02. The first-order chi connectivity index (χ1) is 8.97. The Bertz CT molecular complexity index is 817. The zero-order valence-electron chi connectivity index (χ0n) is 11.3. The SMILES string of the molecule is Cc1cc2cc3c(C)cc(O)cc3cc2c(C)c1O. The number of hydrogen-bond acceptors (Lipinski definition) is 2. The molecule has 0 heterocycles. The van der Waals surface area contributed by atoms with Gasteiger partial charge in [-0.2, -0.15) is 0 Å². The van der Waals surface area contributed by atoms with E-state index >= 15 is 0 Å². The van der Waals surface area contributed by atoms with Gasteiger partial charge >= 0.3 is 0 Å². The van der Waals surface area contributed by atoms with E-state index in [-0.39, 0.29) is 5.75 Å². The molecule has 0 fully saturated rings. The van der Waals surface area contributed by atoms with Crippen LogP contribution in [0.25, 0.3) is 21.5 Å². The van der Waals surface area contributed by atoms with Crippen molar-refractivity contribution in [3.8, 4) is 11.5 Å². The minimum atomic E-state index is 0.276. The van der Waals surface area contributed by atoms with Crippen LogP contribution in [0.5, 0.6) is 11.5 Å². The Labute approximate surface area is 111 Å². The van der Waals surface area contributed by atoms with Crippen LogP contribution in [-0.4, -0.2) is 10.2 Å². The molecule has 0 saturated carbocycles. The van der Waals surface area contributed by atoms with Crippen molar-refractivity contribution in [1.29, 1.82) is 0 Å². The van der Waals surface area contributed by atoms with Gasteiger partial charge in [0, 0.05) is 0 Å². The van der Waals surface area contributed by atoms with E-state index in [2.05, 4.69) is 6.07 Å². The standard InChI is InChI=1S/C17H16O2/c1-9-5-14(18)6-13-8-16-11(3)17(19)10(2)4-12(16)7-15(9)13/h4-8,18-19H,1-3H3. The van der Waals surface area contributed by atoms with Gasteiger partial charge in [-0.05, 0) is 89.3 Å². The van der Waals surface area contributed by atoms with Crippen LogP contribution in [0.3, 0.4) is 0 Å². The fraction of sp³-hybridized carbons (Fsp3) is 0.176. The molecule has 0 aliphatic rings. The van der Waals surface area contributed by atoms with E-state index in [1.807, 2.05) is 32.9 Å². The second-order valence-electron chi connectivity index (χ2n) is 5.22. The number of phenols is 2. The molecule has 0 saturated heterocycles. The highest BCUT2D eigenvalue weighted by atomic mass is 16.3. The molecule has 0 aromatic heterocycles. The largest absolute Gasteiger partial charge is 0.508 e. The third kappa shape index (κ3) is 1.72. The molecule has 2 heteroatoms. The average Bonchev–Trinajstić information content (AvgIpc) is 2.35. The molecule has 0 aliphatic carbocycles. The topological polar surface area (TPSA) is 40.5 Å². The van der Waals surface area contributed by atoms with E-state index in [0.29, 0.717) is 5.75 Å². The first-order valence-electron chi connectivity index (χ1n) is 6.33. The fourth-order valence-electron chi connectivity index (χ4n) is 2.76. The van der Waals surface area contributed by atoms with E-state index < -0.39 is 0 Å². The molecule has 3 aromatic rings. The lowest BCUT2D eigenvalue weighted by atomic mass is 9.95. The number of fused-ring (bicyclic) bond motifs is 2. The minimum absolute atomic E-state index is 0.276. The van der Waals surface area contributed by atoms with Crippen LogP contribution in [0.4, 0.5) is 0 Å². The predicted octanol–water partition coefficient (Wildman–Crippen LogP) is 4.33. The lowest BCUT2D eigenvalue weighted by Gasteiger charge is -2.11. The van der Waals surface area contributed by atoms with Gasteiger partial charge in [-0.1, -0.05) is 0 Å². The maximum Gasteiger partial charge on any atom is 0.122 e. The maximum absolute atomic E-state index is 10.0. The highest BCUT2D eigenvalue weighted by Gasteiger charge is 2.09. The number of aryl methyl sites for hydroxylation is 3.